The molecule has 1 saturated heterocycles. The van der Waals surface area contributed by atoms with Crippen LogP contribution in [0.15, 0.2) is 24.3 Å². The molecule has 21 heavy (non-hydrogen) atoms. The molecule has 0 unspecified atom stereocenters. The molecule has 0 aliphatic carbocycles. The Morgan fingerprint density at radius 1 is 1.29 bits per heavy atom. The summed E-state index contributed by atoms with van der Waals surface area (Å²) in [7, 11) is 1.99. The van der Waals surface area contributed by atoms with Crippen LogP contribution in [-0.2, 0) is 11.2 Å². The molecule has 1 fully saturated rings. The highest BCUT2D eigenvalue weighted by Gasteiger charge is 2.22. The third-order valence-electron chi connectivity index (χ3n) is 4.05. The topological polar surface area (TPSA) is 41.6 Å². The van der Waals surface area contributed by atoms with E-state index in [0.717, 1.165) is 43.8 Å². The number of likely N-dealkylation sites (tertiary alicyclic amines) is 1. The van der Waals surface area contributed by atoms with E-state index in [2.05, 4.69) is 5.32 Å². The first-order valence-electron chi connectivity index (χ1n) is 7.87. The van der Waals surface area contributed by atoms with Crippen molar-refractivity contribution in [1.29, 1.82) is 0 Å². The first kappa shape index (κ1) is 15.8. The van der Waals surface area contributed by atoms with E-state index in [1.807, 2.05) is 43.1 Å². The molecule has 2 rings (SSSR count). The number of nitrogens with one attached hydrogen (secondary N) is 1. The van der Waals surface area contributed by atoms with Crippen molar-refractivity contribution in [3.63, 3.8) is 0 Å². The molecule has 4 heteroatoms. The molecule has 1 amide bonds. The number of carbonyl (C=O) groups excluding carboxylic acids is 1. The second-order valence-electron chi connectivity index (χ2n) is 5.64. The molecule has 1 aliphatic heterocycles. The van der Waals surface area contributed by atoms with E-state index >= 15 is 0 Å². The highest BCUT2D eigenvalue weighted by Crippen LogP contribution is 2.18. The summed E-state index contributed by atoms with van der Waals surface area (Å²) < 4.78 is 5.42. The number of benzene rings is 1. The third-order valence-corrected chi connectivity index (χ3v) is 4.05. The van der Waals surface area contributed by atoms with Gasteiger partial charge >= 0.3 is 0 Å². The summed E-state index contributed by atoms with van der Waals surface area (Å²) >= 11 is 0. The van der Waals surface area contributed by atoms with Gasteiger partial charge in [0, 0.05) is 13.1 Å². The van der Waals surface area contributed by atoms with E-state index in [-0.39, 0.29) is 5.91 Å². The standard InChI is InChI=1S/C17H26N2O2/c1-3-21-16-6-4-14(5-7-16)12-17(20)19-10-8-15(9-11-19)13-18-2/h4-7,15,18H,3,8-13H2,1-2H3. The zero-order chi connectivity index (χ0) is 15.1. The smallest absolute Gasteiger partial charge is 0.226 e. The predicted octanol–water partition coefficient (Wildman–Crippen LogP) is 2.09. The van der Waals surface area contributed by atoms with Crippen LogP contribution in [0.1, 0.15) is 25.3 Å². The number of hydrogen-bond acceptors (Lipinski definition) is 3. The normalized spacial score (nSPS) is 16.0. The lowest BCUT2D eigenvalue weighted by molar-refractivity contribution is -0.131. The molecule has 0 radical (unpaired) electrons. The van der Waals surface area contributed by atoms with Crippen LogP contribution in [0.4, 0.5) is 0 Å². The summed E-state index contributed by atoms with van der Waals surface area (Å²) in [6, 6.07) is 7.84. The molecule has 0 atom stereocenters. The van der Waals surface area contributed by atoms with Crippen molar-refractivity contribution in [1.82, 2.24) is 10.2 Å². The number of rotatable bonds is 6. The van der Waals surface area contributed by atoms with Crippen LogP contribution in [0.3, 0.4) is 0 Å². The fourth-order valence-corrected chi connectivity index (χ4v) is 2.83. The molecule has 1 aromatic carbocycles. The van der Waals surface area contributed by atoms with Gasteiger partial charge in [-0.2, -0.15) is 0 Å². The Bertz CT molecular complexity index is 437. The Labute approximate surface area is 127 Å². The molecule has 1 aliphatic rings. The highest BCUT2D eigenvalue weighted by atomic mass is 16.5. The number of hydrogen-bond donors (Lipinski definition) is 1. The van der Waals surface area contributed by atoms with Gasteiger partial charge in [0.05, 0.1) is 13.0 Å². The Hall–Kier alpha value is -1.55. The molecule has 1 aromatic rings. The van der Waals surface area contributed by atoms with Gasteiger partial charge in [-0.1, -0.05) is 12.1 Å². The maximum Gasteiger partial charge on any atom is 0.226 e. The van der Waals surface area contributed by atoms with E-state index in [1.54, 1.807) is 0 Å². The van der Waals surface area contributed by atoms with Crippen molar-refractivity contribution in [3.8, 4) is 5.75 Å². The molecule has 4 nitrogen and oxygen atoms in total. The zero-order valence-electron chi connectivity index (χ0n) is 13.1. The van der Waals surface area contributed by atoms with Gasteiger partial charge in [0.2, 0.25) is 5.91 Å². The third kappa shape index (κ3) is 4.74. The summed E-state index contributed by atoms with van der Waals surface area (Å²) in [4.78, 5) is 14.3. The molecule has 1 heterocycles. The molecule has 1 N–H and O–H groups in total. The Balaban J connectivity index is 1.81. The van der Waals surface area contributed by atoms with Gasteiger partial charge in [0.1, 0.15) is 5.75 Å². The van der Waals surface area contributed by atoms with E-state index in [9.17, 15) is 4.79 Å². The minimum absolute atomic E-state index is 0.238. The van der Waals surface area contributed by atoms with Crippen molar-refractivity contribution in [2.24, 2.45) is 5.92 Å². The highest BCUT2D eigenvalue weighted by molar-refractivity contribution is 5.78. The number of nitrogens with zero attached hydrogens (tertiary/aromatic N) is 1. The van der Waals surface area contributed by atoms with Crippen molar-refractivity contribution in [3.05, 3.63) is 29.8 Å². The fraction of sp³-hybridized carbons (Fsp3) is 0.588. The molecule has 0 saturated carbocycles. The van der Waals surface area contributed by atoms with Crippen molar-refractivity contribution >= 4 is 5.91 Å². The molecule has 116 valence electrons. The minimum Gasteiger partial charge on any atom is -0.494 e. The van der Waals surface area contributed by atoms with Gasteiger partial charge in [0.15, 0.2) is 0 Å². The van der Waals surface area contributed by atoms with Crippen LogP contribution >= 0.6 is 0 Å². The maximum atomic E-state index is 12.3. The van der Waals surface area contributed by atoms with Crippen molar-refractivity contribution < 1.29 is 9.53 Å². The predicted molar refractivity (Wildman–Crippen MR) is 84.5 cm³/mol. The summed E-state index contributed by atoms with van der Waals surface area (Å²) in [5, 5.41) is 3.22. The second-order valence-corrected chi connectivity index (χ2v) is 5.64. The summed E-state index contributed by atoms with van der Waals surface area (Å²) in [5.41, 5.74) is 1.06. The first-order valence-corrected chi connectivity index (χ1v) is 7.87. The van der Waals surface area contributed by atoms with Gasteiger partial charge in [-0.15, -0.1) is 0 Å². The maximum absolute atomic E-state index is 12.3. The van der Waals surface area contributed by atoms with Gasteiger partial charge in [-0.3, -0.25) is 4.79 Å². The quantitative estimate of drug-likeness (QED) is 0.872. The Morgan fingerprint density at radius 2 is 1.95 bits per heavy atom. The number of carbonyl (C=O) groups is 1. The largest absolute Gasteiger partial charge is 0.494 e. The van der Waals surface area contributed by atoms with E-state index in [0.29, 0.717) is 18.9 Å². The molecular formula is C17H26N2O2. The average molecular weight is 290 g/mol. The molecule has 0 spiro atoms. The van der Waals surface area contributed by atoms with Gasteiger partial charge in [-0.25, -0.2) is 0 Å². The summed E-state index contributed by atoms with van der Waals surface area (Å²) in [6.45, 7) is 5.47. The van der Waals surface area contributed by atoms with Gasteiger partial charge < -0.3 is 15.0 Å². The van der Waals surface area contributed by atoms with Crippen LogP contribution in [0, 0.1) is 5.92 Å². The lowest BCUT2D eigenvalue weighted by atomic mass is 9.96. The lowest BCUT2D eigenvalue weighted by Gasteiger charge is -2.32. The van der Waals surface area contributed by atoms with Crippen LogP contribution in [0.2, 0.25) is 0 Å². The number of amides is 1. The van der Waals surface area contributed by atoms with Crippen LogP contribution < -0.4 is 10.1 Å². The average Bonchev–Trinajstić information content (AvgIpc) is 2.50. The van der Waals surface area contributed by atoms with Crippen molar-refractivity contribution in [2.75, 3.05) is 33.3 Å². The van der Waals surface area contributed by atoms with Gasteiger partial charge in [0.25, 0.3) is 0 Å². The Kier molecular flexibility index (Phi) is 6.05. The summed E-state index contributed by atoms with van der Waals surface area (Å²) in [6.07, 6.45) is 2.70. The molecular weight excluding hydrogens is 264 g/mol. The lowest BCUT2D eigenvalue weighted by Crippen LogP contribution is -2.41. The zero-order valence-corrected chi connectivity index (χ0v) is 13.1. The van der Waals surface area contributed by atoms with Crippen LogP contribution in [0.25, 0.3) is 0 Å². The second kappa shape index (κ2) is 8.03. The molecule has 0 bridgehead atoms. The van der Waals surface area contributed by atoms with Crippen molar-refractivity contribution in [2.45, 2.75) is 26.2 Å². The minimum atomic E-state index is 0.238. The van der Waals surface area contributed by atoms with E-state index < -0.39 is 0 Å². The van der Waals surface area contributed by atoms with Crippen LogP contribution in [-0.4, -0.2) is 44.1 Å². The van der Waals surface area contributed by atoms with E-state index in [4.69, 9.17) is 4.74 Å². The van der Waals surface area contributed by atoms with E-state index in [1.165, 1.54) is 0 Å². The molecule has 0 aromatic heterocycles. The first-order chi connectivity index (χ1) is 10.2. The van der Waals surface area contributed by atoms with Crippen LogP contribution in [0.5, 0.6) is 5.75 Å². The monoisotopic (exact) mass is 290 g/mol. The number of ether oxygens (including phenoxy) is 1. The summed E-state index contributed by atoms with van der Waals surface area (Å²) in [5.74, 6) is 1.81. The number of piperidine rings is 1. The van der Waals surface area contributed by atoms with Gasteiger partial charge in [-0.05, 0) is 57.0 Å². The SMILES string of the molecule is CCOc1ccc(CC(=O)N2CCC(CNC)CC2)cc1. The fourth-order valence-electron chi connectivity index (χ4n) is 2.83. The Morgan fingerprint density at radius 3 is 2.52 bits per heavy atom.